The molecule has 1 saturated heterocycles. The van der Waals surface area contributed by atoms with Crippen molar-refractivity contribution in [2.45, 2.75) is 83.5 Å². The van der Waals surface area contributed by atoms with Gasteiger partial charge >= 0.3 is 0 Å². The standard InChI is InChI=1S/C24H33NO4/c1-20(2)14-28-24(29-15-20)11-10-22(13-25)18-7-8-21(3)17(4-5-19(21)26)16(18)6-9-23(22,27)12-24/h7,16-17,27H,4-6,8-12,14-15H2,1-3H3/t16-,17-,21-,22-,23+/m0/s1. The number of rotatable bonds is 0. The van der Waals surface area contributed by atoms with Crippen LogP contribution in [-0.4, -0.2) is 35.5 Å². The number of ether oxygens (including phenoxy) is 2. The molecule has 5 heteroatoms. The van der Waals surface area contributed by atoms with Gasteiger partial charge in [0.05, 0.1) is 24.9 Å². The topological polar surface area (TPSA) is 79.5 Å². The van der Waals surface area contributed by atoms with Gasteiger partial charge in [0.15, 0.2) is 5.79 Å². The molecule has 5 rings (SSSR count). The average Bonchev–Trinajstić information content (AvgIpc) is 2.99. The predicted octanol–water partition coefficient (Wildman–Crippen LogP) is 3.91. The summed E-state index contributed by atoms with van der Waals surface area (Å²) in [6.45, 7) is 7.57. The van der Waals surface area contributed by atoms with Crippen LogP contribution >= 0.6 is 0 Å². The lowest BCUT2D eigenvalue weighted by Crippen LogP contribution is -2.64. The Morgan fingerprint density at radius 2 is 1.86 bits per heavy atom. The summed E-state index contributed by atoms with van der Waals surface area (Å²) in [5.74, 6) is 0.147. The first-order valence-corrected chi connectivity index (χ1v) is 11.2. The fraction of sp³-hybridized carbons (Fsp3) is 0.833. The summed E-state index contributed by atoms with van der Waals surface area (Å²) in [6, 6.07) is 2.59. The van der Waals surface area contributed by atoms with E-state index in [4.69, 9.17) is 9.47 Å². The largest absolute Gasteiger partial charge is 0.388 e. The van der Waals surface area contributed by atoms with Gasteiger partial charge in [-0.25, -0.2) is 0 Å². The Morgan fingerprint density at radius 3 is 2.55 bits per heavy atom. The van der Waals surface area contributed by atoms with Gasteiger partial charge in [-0.15, -0.1) is 0 Å². The molecular weight excluding hydrogens is 366 g/mol. The Hall–Kier alpha value is -1.22. The molecule has 0 aromatic heterocycles. The number of ketones is 1. The van der Waals surface area contributed by atoms with E-state index < -0.39 is 16.8 Å². The second-order valence-corrected chi connectivity index (χ2v) is 11.4. The van der Waals surface area contributed by atoms with Crippen LogP contribution in [0.25, 0.3) is 0 Å². The zero-order valence-corrected chi connectivity index (χ0v) is 17.9. The summed E-state index contributed by atoms with van der Waals surface area (Å²) >= 11 is 0. The van der Waals surface area contributed by atoms with Crippen molar-refractivity contribution in [1.29, 1.82) is 5.26 Å². The number of nitrogens with zero attached hydrogens (tertiary/aromatic N) is 1. The van der Waals surface area contributed by atoms with E-state index in [0.29, 0.717) is 63.4 Å². The number of fused-ring (bicyclic) bond motifs is 5. The fourth-order valence-electron chi connectivity index (χ4n) is 7.16. The molecule has 5 atom stereocenters. The third kappa shape index (κ3) is 2.52. The van der Waals surface area contributed by atoms with Gasteiger partial charge in [-0.3, -0.25) is 4.79 Å². The number of carbonyl (C=O) groups excluding carboxylic acids is 1. The maximum atomic E-state index is 12.6. The number of allylic oxidation sites excluding steroid dienone is 1. The molecule has 1 N–H and O–H groups in total. The normalized spacial score (nSPS) is 47.6. The zero-order valence-electron chi connectivity index (χ0n) is 17.9. The van der Waals surface area contributed by atoms with Crippen molar-refractivity contribution >= 4 is 5.78 Å². The lowest BCUT2D eigenvalue weighted by molar-refractivity contribution is -0.339. The molecule has 0 unspecified atom stereocenters. The van der Waals surface area contributed by atoms with Crippen LogP contribution in [0.15, 0.2) is 11.6 Å². The smallest absolute Gasteiger partial charge is 0.171 e. The summed E-state index contributed by atoms with van der Waals surface area (Å²) in [6.07, 6.45) is 7.38. The first-order valence-electron chi connectivity index (χ1n) is 11.2. The van der Waals surface area contributed by atoms with E-state index in [2.05, 4.69) is 32.9 Å². The van der Waals surface area contributed by atoms with Crippen LogP contribution in [0.5, 0.6) is 0 Å². The Labute approximate surface area is 173 Å². The van der Waals surface area contributed by atoms with Gasteiger partial charge < -0.3 is 14.6 Å². The van der Waals surface area contributed by atoms with Gasteiger partial charge in [0.25, 0.3) is 0 Å². The molecule has 1 heterocycles. The monoisotopic (exact) mass is 399 g/mol. The highest BCUT2D eigenvalue weighted by Crippen LogP contribution is 2.66. The van der Waals surface area contributed by atoms with E-state index in [1.54, 1.807) is 0 Å². The van der Waals surface area contributed by atoms with Crippen molar-refractivity contribution in [2.24, 2.45) is 28.1 Å². The lowest BCUT2D eigenvalue weighted by atomic mass is 9.47. The first kappa shape index (κ1) is 19.7. The molecular formula is C24H33NO4. The minimum absolute atomic E-state index is 0.0271. The van der Waals surface area contributed by atoms with Crippen molar-refractivity contribution in [3.8, 4) is 6.07 Å². The van der Waals surface area contributed by atoms with Crippen LogP contribution in [0.1, 0.15) is 72.1 Å². The summed E-state index contributed by atoms with van der Waals surface area (Å²) in [5.41, 5.74) is -1.22. The van der Waals surface area contributed by atoms with E-state index in [-0.39, 0.29) is 16.7 Å². The van der Waals surface area contributed by atoms with Crippen LogP contribution < -0.4 is 0 Å². The highest BCUT2D eigenvalue weighted by molar-refractivity contribution is 5.87. The Kier molecular flexibility index (Phi) is 4.03. The van der Waals surface area contributed by atoms with Crippen molar-refractivity contribution < 1.29 is 19.4 Å². The zero-order chi connectivity index (χ0) is 20.7. The highest BCUT2D eigenvalue weighted by atomic mass is 16.7. The molecule has 0 aromatic carbocycles. The van der Waals surface area contributed by atoms with Gasteiger partial charge in [-0.05, 0) is 49.5 Å². The number of nitriles is 1. The number of aliphatic hydroxyl groups is 1. The van der Waals surface area contributed by atoms with Crippen LogP contribution in [0.4, 0.5) is 0 Å². The maximum absolute atomic E-state index is 12.6. The van der Waals surface area contributed by atoms with Gasteiger partial charge in [0.1, 0.15) is 11.2 Å². The average molecular weight is 400 g/mol. The molecule has 0 amide bonds. The number of Topliss-reactive ketones (excluding diaryl/α,β-unsaturated/α-hetero) is 1. The van der Waals surface area contributed by atoms with Crippen molar-refractivity contribution in [3.05, 3.63) is 11.6 Å². The third-order valence-corrected chi connectivity index (χ3v) is 9.01. The molecule has 5 nitrogen and oxygen atoms in total. The second-order valence-electron chi connectivity index (χ2n) is 11.4. The minimum Gasteiger partial charge on any atom is -0.388 e. The Balaban J connectivity index is 1.49. The minimum atomic E-state index is -1.14. The molecule has 1 spiro atoms. The van der Waals surface area contributed by atoms with Crippen molar-refractivity contribution in [3.63, 3.8) is 0 Å². The molecule has 29 heavy (non-hydrogen) atoms. The Morgan fingerprint density at radius 1 is 1.14 bits per heavy atom. The molecule has 1 aliphatic heterocycles. The molecule has 0 bridgehead atoms. The second kappa shape index (κ2) is 5.93. The van der Waals surface area contributed by atoms with Crippen LogP contribution in [0.3, 0.4) is 0 Å². The van der Waals surface area contributed by atoms with E-state index in [0.717, 1.165) is 18.4 Å². The van der Waals surface area contributed by atoms with Crippen molar-refractivity contribution in [2.75, 3.05) is 13.2 Å². The van der Waals surface area contributed by atoms with E-state index >= 15 is 0 Å². The quantitative estimate of drug-likeness (QED) is 0.625. The molecule has 158 valence electrons. The first-order chi connectivity index (χ1) is 13.6. The summed E-state index contributed by atoms with van der Waals surface area (Å²) < 4.78 is 12.4. The van der Waals surface area contributed by atoms with Gasteiger partial charge in [-0.1, -0.05) is 26.8 Å². The molecule has 4 aliphatic carbocycles. The summed E-state index contributed by atoms with van der Waals surface area (Å²) in [4.78, 5) is 12.6. The van der Waals surface area contributed by atoms with Gasteiger partial charge in [0, 0.05) is 30.1 Å². The van der Waals surface area contributed by atoms with Crippen LogP contribution in [-0.2, 0) is 14.3 Å². The van der Waals surface area contributed by atoms with E-state index in [1.807, 2.05) is 0 Å². The molecule has 3 saturated carbocycles. The van der Waals surface area contributed by atoms with E-state index in [9.17, 15) is 15.2 Å². The maximum Gasteiger partial charge on any atom is 0.171 e. The van der Waals surface area contributed by atoms with E-state index in [1.165, 1.54) is 0 Å². The SMILES string of the molecule is CC1(C)COC2(CC[C@]3(C#N)C4=CC[C@]5(C)C(=O)CC[C@H]5[C@@H]4CC[C@@]3(O)C2)OC1. The number of hydrogen-bond donors (Lipinski definition) is 1. The molecule has 0 aromatic rings. The molecule has 4 fully saturated rings. The summed E-state index contributed by atoms with van der Waals surface area (Å²) in [5, 5.41) is 22.3. The van der Waals surface area contributed by atoms with Crippen molar-refractivity contribution in [1.82, 2.24) is 0 Å². The fourth-order valence-corrected chi connectivity index (χ4v) is 7.16. The predicted molar refractivity (Wildman–Crippen MR) is 107 cm³/mol. The van der Waals surface area contributed by atoms with Crippen LogP contribution in [0, 0.1) is 39.4 Å². The highest BCUT2D eigenvalue weighted by Gasteiger charge is 2.67. The van der Waals surface area contributed by atoms with Crippen LogP contribution in [0.2, 0.25) is 0 Å². The lowest BCUT2D eigenvalue weighted by Gasteiger charge is -2.61. The summed E-state index contributed by atoms with van der Waals surface area (Å²) in [7, 11) is 0. The third-order valence-electron chi connectivity index (χ3n) is 9.01. The van der Waals surface area contributed by atoms with Gasteiger partial charge in [-0.2, -0.15) is 5.26 Å². The Bertz CT molecular complexity index is 815. The molecule has 0 radical (unpaired) electrons. The van der Waals surface area contributed by atoms with Gasteiger partial charge in [0.2, 0.25) is 0 Å². The molecule has 5 aliphatic rings. The number of hydrogen-bond acceptors (Lipinski definition) is 5. The number of carbonyl (C=O) groups is 1.